The molecule has 7 rings (SSSR count). The highest BCUT2D eigenvalue weighted by molar-refractivity contribution is 7.91. The second-order valence-electron chi connectivity index (χ2n) is 13.5. The molecule has 0 amide bonds. The number of thiazole rings is 2. The number of nitrogens with one attached hydrogen (secondary N) is 2. The highest BCUT2D eigenvalue weighted by Gasteiger charge is 2.36. The minimum Gasteiger partial charge on any atom is -0.371 e. The van der Waals surface area contributed by atoms with Crippen LogP contribution in [0.4, 0.5) is 11.4 Å². The fourth-order valence-corrected chi connectivity index (χ4v) is 13.1. The molecule has 0 bridgehead atoms. The molecule has 3 aromatic carbocycles. The first-order chi connectivity index (χ1) is 24.1. The van der Waals surface area contributed by atoms with Crippen molar-refractivity contribution < 1.29 is 16.8 Å². The molecule has 2 heterocycles. The highest BCUT2D eigenvalue weighted by atomic mass is 32.3. The standard InChI is InChI=1S/C36H44N6O4S4/c1-25-13-19-31-33(21-25)47-35(39-31)49(43,44)41(29-9-5-3-6-10-29)23-37-27-15-17-28(18-16-27)38-24-42(30-11-7-4-8-12-30)50(45,46)36-40-32-20-14-26(2)22-34(32)48-36/h13-22,29-30,37-38H,3-12,23-24H2,1-2H3. The van der Waals surface area contributed by atoms with Gasteiger partial charge in [0.1, 0.15) is 0 Å². The Morgan fingerprint density at radius 1 is 0.600 bits per heavy atom. The Morgan fingerprint density at radius 2 is 0.980 bits per heavy atom. The average Bonchev–Trinajstić information content (AvgIpc) is 3.75. The van der Waals surface area contributed by atoms with Gasteiger partial charge in [-0.1, -0.05) is 50.7 Å². The lowest BCUT2D eigenvalue weighted by molar-refractivity contribution is 0.263. The van der Waals surface area contributed by atoms with E-state index in [0.717, 1.165) is 96.1 Å². The van der Waals surface area contributed by atoms with Crippen LogP contribution in [0.5, 0.6) is 0 Å². The molecule has 0 atom stereocenters. The van der Waals surface area contributed by atoms with Gasteiger partial charge in [0, 0.05) is 23.5 Å². The van der Waals surface area contributed by atoms with Crippen molar-refractivity contribution in [2.24, 2.45) is 0 Å². The normalized spacial score (nSPS) is 16.9. The summed E-state index contributed by atoms with van der Waals surface area (Å²) >= 11 is 2.45. The Balaban J connectivity index is 1.06. The van der Waals surface area contributed by atoms with Gasteiger partial charge in [0.15, 0.2) is 0 Å². The van der Waals surface area contributed by atoms with Crippen LogP contribution in [0.3, 0.4) is 0 Å². The summed E-state index contributed by atoms with van der Waals surface area (Å²) < 4.78 is 61.4. The van der Waals surface area contributed by atoms with Gasteiger partial charge in [0.2, 0.25) is 8.68 Å². The van der Waals surface area contributed by atoms with Gasteiger partial charge in [-0.25, -0.2) is 26.8 Å². The fourth-order valence-electron chi connectivity index (χ4n) is 7.05. The van der Waals surface area contributed by atoms with Crippen molar-refractivity contribution >= 4 is 74.5 Å². The molecule has 2 aromatic heterocycles. The van der Waals surface area contributed by atoms with Crippen molar-refractivity contribution in [3.8, 4) is 0 Å². The molecule has 0 aliphatic heterocycles. The summed E-state index contributed by atoms with van der Waals surface area (Å²) in [6.07, 6.45) is 9.54. The maximum atomic E-state index is 14.1. The average molecular weight is 753 g/mol. The van der Waals surface area contributed by atoms with E-state index < -0.39 is 20.0 Å². The third-order valence-corrected chi connectivity index (χ3v) is 16.4. The minimum absolute atomic E-state index is 0.0943. The molecule has 5 aromatic rings. The van der Waals surface area contributed by atoms with Crippen LogP contribution < -0.4 is 10.6 Å². The number of aromatic nitrogens is 2. The van der Waals surface area contributed by atoms with Crippen molar-refractivity contribution in [2.45, 2.75) is 98.8 Å². The predicted octanol–water partition coefficient (Wildman–Crippen LogP) is 8.31. The zero-order valence-electron chi connectivity index (χ0n) is 28.5. The summed E-state index contributed by atoms with van der Waals surface area (Å²) in [4.78, 5) is 9.06. The van der Waals surface area contributed by atoms with E-state index in [0.29, 0.717) is 11.0 Å². The molecular formula is C36H44N6O4S4. The van der Waals surface area contributed by atoms with Crippen LogP contribution in [-0.2, 0) is 20.0 Å². The number of hydrogen-bond acceptors (Lipinski definition) is 10. The lowest BCUT2D eigenvalue weighted by atomic mass is 9.96. The summed E-state index contributed by atoms with van der Waals surface area (Å²) in [6, 6.07) is 19.0. The molecule has 0 saturated heterocycles. The molecule has 10 nitrogen and oxygen atoms in total. The number of aryl methyl sites for hydroxylation is 2. The molecule has 0 spiro atoms. The quantitative estimate of drug-likeness (QED) is 0.122. The molecule has 266 valence electrons. The Hall–Kier alpha value is -3.14. The van der Waals surface area contributed by atoms with Crippen LogP contribution in [0, 0.1) is 13.8 Å². The van der Waals surface area contributed by atoms with Gasteiger partial charge < -0.3 is 10.6 Å². The predicted molar refractivity (Wildman–Crippen MR) is 204 cm³/mol. The maximum Gasteiger partial charge on any atom is 0.272 e. The van der Waals surface area contributed by atoms with Crippen molar-refractivity contribution in [2.75, 3.05) is 24.0 Å². The number of anilines is 2. The number of benzene rings is 3. The summed E-state index contributed by atoms with van der Waals surface area (Å²) in [5.41, 5.74) is 5.08. The van der Waals surface area contributed by atoms with Gasteiger partial charge in [0.05, 0.1) is 33.8 Å². The summed E-state index contributed by atoms with van der Waals surface area (Å²) in [7, 11) is -7.66. The lowest BCUT2D eigenvalue weighted by Crippen LogP contribution is -2.44. The van der Waals surface area contributed by atoms with E-state index in [1.807, 2.05) is 74.5 Å². The fraction of sp³-hybridized carbons (Fsp3) is 0.444. The third kappa shape index (κ3) is 7.56. The van der Waals surface area contributed by atoms with E-state index in [1.54, 1.807) is 8.61 Å². The van der Waals surface area contributed by atoms with Gasteiger partial charge in [-0.2, -0.15) is 8.61 Å². The first-order valence-corrected chi connectivity index (χ1v) is 22.0. The van der Waals surface area contributed by atoms with Gasteiger partial charge in [-0.15, -0.1) is 22.7 Å². The van der Waals surface area contributed by atoms with Crippen molar-refractivity contribution in [1.82, 2.24) is 18.6 Å². The van der Waals surface area contributed by atoms with Crippen molar-refractivity contribution in [3.63, 3.8) is 0 Å². The summed E-state index contributed by atoms with van der Waals surface area (Å²) in [5, 5.41) is 6.70. The molecule has 2 N–H and O–H groups in total. The third-order valence-electron chi connectivity index (χ3n) is 9.83. The molecule has 50 heavy (non-hydrogen) atoms. The maximum absolute atomic E-state index is 14.1. The Bertz CT molecular complexity index is 2020. The summed E-state index contributed by atoms with van der Waals surface area (Å²) in [5.74, 6) is 0. The van der Waals surface area contributed by atoms with E-state index in [2.05, 4.69) is 20.6 Å². The van der Waals surface area contributed by atoms with Gasteiger partial charge in [-0.3, -0.25) is 0 Å². The number of nitrogens with zero attached hydrogens (tertiary/aromatic N) is 4. The largest absolute Gasteiger partial charge is 0.371 e. The molecule has 2 fully saturated rings. The van der Waals surface area contributed by atoms with Crippen LogP contribution in [0.15, 0.2) is 69.3 Å². The summed E-state index contributed by atoms with van der Waals surface area (Å²) in [6.45, 7) is 4.24. The monoisotopic (exact) mass is 752 g/mol. The van der Waals surface area contributed by atoms with Crippen molar-refractivity contribution in [1.29, 1.82) is 0 Å². The molecule has 14 heteroatoms. The minimum atomic E-state index is -3.83. The first-order valence-electron chi connectivity index (χ1n) is 17.4. The van der Waals surface area contributed by atoms with E-state index in [-0.39, 0.29) is 34.1 Å². The van der Waals surface area contributed by atoms with Crippen LogP contribution in [-0.4, -0.2) is 60.8 Å². The van der Waals surface area contributed by atoms with Crippen LogP contribution in [0.2, 0.25) is 0 Å². The smallest absolute Gasteiger partial charge is 0.272 e. The zero-order valence-corrected chi connectivity index (χ0v) is 31.7. The second-order valence-corrected chi connectivity index (χ2v) is 19.7. The molecule has 0 radical (unpaired) electrons. The molecule has 0 unspecified atom stereocenters. The lowest BCUT2D eigenvalue weighted by Gasteiger charge is -2.33. The van der Waals surface area contributed by atoms with E-state index in [9.17, 15) is 16.8 Å². The van der Waals surface area contributed by atoms with Crippen LogP contribution in [0.1, 0.15) is 75.3 Å². The van der Waals surface area contributed by atoms with Gasteiger partial charge in [-0.05, 0) is 99.2 Å². The second kappa shape index (κ2) is 14.8. The molecule has 2 aliphatic carbocycles. The molecule has 2 aliphatic rings. The zero-order chi connectivity index (χ0) is 34.9. The molecular weight excluding hydrogens is 709 g/mol. The number of sulfonamides is 2. The Morgan fingerprint density at radius 3 is 1.36 bits per heavy atom. The van der Waals surface area contributed by atoms with E-state index in [4.69, 9.17) is 0 Å². The van der Waals surface area contributed by atoms with E-state index in [1.165, 1.54) is 22.7 Å². The van der Waals surface area contributed by atoms with E-state index >= 15 is 0 Å². The first kappa shape index (κ1) is 35.3. The number of fused-ring (bicyclic) bond motifs is 2. The van der Waals surface area contributed by atoms with Gasteiger partial charge in [0.25, 0.3) is 20.0 Å². The topological polar surface area (TPSA) is 125 Å². The van der Waals surface area contributed by atoms with Gasteiger partial charge >= 0.3 is 0 Å². The SMILES string of the molecule is Cc1ccc2nc(S(=O)(=O)N(CNc3ccc(NCN(C4CCCCC4)S(=O)(=O)c4nc5ccc(C)cc5s4)cc3)C3CCCCC3)sc2c1. The molecule has 2 saturated carbocycles. The Labute approximate surface area is 303 Å². The Kier molecular flexibility index (Phi) is 10.5. The van der Waals surface area contributed by atoms with Crippen LogP contribution in [0.25, 0.3) is 20.4 Å². The van der Waals surface area contributed by atoms with Crippen LogP contribution >= 0.6 is 22.7 Å². The number of rotatable bonds is 12. The number of hydrogen-bond donors (Lipinski definition) is 2. The highest BCUT2D eigenvalue weighted by Crippen LogP contribution is 2.34. The van der Waals surface area contributed by atoms with Crippen molar-refractivity contribution in [3.05, 3.63) is 71.8 Å².